The summed E-state index contributed by atoms with van der Waals surface area (Å²) in [6, 6.07) is 2.49. The minimum Gasteiger partial charge on any atom is -0.356 e. The van der Waals surface area contributed by atoms with Crippen LogP contribution >= 0.6 is 0 Å². The summed E-state index contributed by atoms with van der Waals surface area (Å²) in [6.07, 6.45) is 2.07. The summed E-state index contributed by atoms with van der Waals surface area (Å²) in [7, 11) is 0. The zero-order chi connectivity index (χ0) is 17.1. The molecule has 3 rings (SSSR count). The van der Waals surface area contributed by atoms with Gasteiger partial charge in [-0.1, -0.05) is 13.8 Å². The van der Waals surface area contributed by atoms with Crippen molar-refractivity contribution in [3.8, 4) is 0 Å². The molecule has 3 N–H and O–H groups in total. The molecule has 0 aromatic carbocycles. The van der Waals surface area contributed by atoms with Crippen LogP contribution in [0.4, 0.5) is 5.82 Å². The van der Waals surface area contributed by atoms with E-state index in [1.165, 1.54) is 0 Å². The van der Waals surface area contributed by atoms with Gasteiger partial charge in [0, 0.05) is 36.8 Å². The number of aromatic amines is 2. The van der Waals surface area contributed by atoms with Gasteiger partial charge in [0.2, 0.25) is 0 Å². The maximum Gasteiger partial charge on any atom is 0.340 e. The molecule has 1 fully saturated rings. The molecule has 1 aliphatic rings. The lowest BCUT2D eigenvalue weighted by Gasteiger charge is -2.33. The summed E-state index contributed by atoms with van der Waals surface area (Å²) in [5.74, 6) is 2.92. The zero-order valence-corrected chi connectivity index (χ0v) is 14.5. The highest BCUT2D eigenvalue weighted by atomic mass is 16.1. The predicted octanol–water partition coefficient (Wildman–Crippen LogP) is 1.08. The van der Waals surface area contributed by atoms with Crippen molar-refractivity contribution in [1.29, 1.82) is 0 Å². The average Bonchev–Trinajstić information content (AvgIpc) is 2.98. The van der Waals surface area contributed by atoms with E-state index in [9.17, 15) is 4.79 Å². The molecule has 2 aromatic rings. The molecule has 8 heteroatoms. The van der Waals surface area contributed by atoms with Gasteiger partial charge in [-0.15, -0.1) is 0 Å². The van der Waals surface area contributed by atoms with Crippen molar-refractivity contribution in [2.24, 2.45) is 0 Å². The molecule has 1 aliphatic heterocycles. The third-order valence-corrected chi connectivity index (χ3v) is 4.30. The fraction of sp³-hybridized carbons (Fsp3) is 0.625. The molecule has 2 aromatic heterocycles. The third kappa shape index (κ3) is 4.00. The van der Waals surface area contributed by atoms with Crippen LogP contribution in [-0.2, 0) is 6.54 Å². The van der Waals surface area contributed by atoms with Gasteiger partial charge in [-0.2, -0.15) is 5.10 Å². The minimum absolute atomic E-state index is 0.262. The van der Waals surface area contributed by atoms with E-state index < -0.39 is 0 Å². The van der Waals surface area contributed by atoms with Crippen LogP contribution < -0.4 is 15.9 Å². The van der Waals surface area contributed by atoms with E-state index in [1.54, 1.807) is 0 Å². The van der Waals surface area contributed by atoms with E-state index >= 15 is 0 Å². The van der Waals surface area contributed by atoms with E-state index in [1.807, 2.05) is 6.92 Å². The third-order valence-electron chi connectivity index (χ3n) is 4.30. The Kier molecular flexibility index (Phi) is 4.94. The first-order valence-electron chi connectivity index (χ1n) is 8.48. The van der Waals surface area contributed by atoms with Gasteiger partial charge in [0.15, 0.2) is 0 Å². The van der Waals surface area contributed by atoms with E-state index in [0.29, 0.717) is 24.3 Å². The number of aromatic nitrogens is 5. The number of nitrogens with zero attached hydrogens (tertiary/aromatic N) is 4. The van der Waals surface area contributed by atoms with E-state index in [4.69, 9.17) is 4.98 Å². The van der Waals surface area contributed by atoms with Crippen molar-refractivity contribution in [2.75, 3.05) is 18.0 Å². The SMILES string of the molecule is Cc1cc(N2CCC(NCc3n[nH]c(=O)[nH]3)CC2)nc(C(C)C)n1. The Morgan fingerprint density at radius 3 is 2.71 bits per heavy atom. The fourth-order valence-electron chi connectivity index (χ4n) is 2.94. The number of H-pyrrole nitrogens is 2. The second-order valence-corrected chi connectivity index (χ2v) is 6.65. The lowest BCUT2D eigenvalue weighted by Crippen LogP contribution is -2.42. The van der Waals surface area contributed by atoms with Crippen LogP contribution in [0.3, 0.4) is 0 Å². The van der Waals surface area contributed by atoms with Crippen molar-refractivity contribution in [3.63, 3.8) is 0 Å². The van der Waals surface area contributed by atoms with Crippen LogP contribution in [0.2, 0.25) is 0 Å². The summed E-state index contributed by atoms with van der Waals surface area (Å²) in [4.78, 5) is 25.3. The standard InChI is InChI=1S/C16H25N7O/c1-10(2)15-18-11(3)8-14(20-15)23-6-4-12(5-7-23)17-9-13-19-16(24)22-21-13/h8,10,12,17H,4-7,9H2,1-3H3,(H2,19,21,22,24). The molecule has 24 heavy (non-hydrogen) atoms. The van der Waals surface area contributed by atoms with Gasteiger partial charge in [-0.05, 0) is 19.8 Å². The van der Waals surface area contributed by atoms with E-state index in [2.05, 4.69) is 50.3 Å². The maximum absolute atomic E-state index is 11.0. The van der Waals surface area contributed by atoms with Gasteiger partial charge in [0.05, 0.1) is 6.54 Å². The maximum atomic E-state index is 11.0. The monoisotopic (exact) mass is 331 g/mol. The second kappa shape index (κ2) is 7.12. The lowest BCUT2D eigenvalue weighted by molar-refractivity contribution is 0.408. The van der Waals surface area contributed by atoms with Gasteiger partial charge in [0.1, 0.15) is 17.5 Å². The molecule has 0 radical (unpaired) electrons. The van der Waals surface area contributed by atoms with Crippen LogP contribution in [0.1, 0.15) is 49.9 Å². The van der Waals surface area contributed by atoms with Crippen molar-refractivity contribution >= 4 is 5.82 Å². The molecule has 0 unspecified atom stereocenters. The van der Waals surface area contributed by atoms with Crippen LogP contribution in [-0.4, -0.2) is 44.3 Å². The van der Waals surface area contributed by atoms with Gasteiger partial charge in [-0.3, -0.25) is 4.98 Å². The number of piperidine rings is 1. The highest BCUT2D eigenvalue weighted by molar-refractivity contribution is 5.40. The molecule has 0 bridgehead atoms. The first kappa shape index (κ1) is 16.6. The number of hydrogen-bond acceptors (Lipinski definition) is 6. The Bertz CT molecular complexity index is 728. The Labute approximate surface area is 141 Å². The molecule has 0 aliphatic carbocycles. The minimum atomic E-state index is -0.262. The first-order valence-corrected chi connectivity index (χ1v) is 8.48. The van der Waals surface area contributed by atoms with Crippen molar-refractivity contribution < 1.29 is 0 Å². The van der Waals surface area contributed by atoms with Gasteiger partial charge >= 0.3 is 5.69 Å². The summed E-state index contributed by atoms with van der Waals surface area (Å²) < 4.78 is 0. The number of anilines is 1. The quantitative estimate of drug-likeness (QED) is 0.757. The Hall–Kier alpha value is -2.22. The number of hydrogen-bond donors (Lipinski definition) is 3. The molecule has 0 atom stereocenters. The molecular weight excluding hydrogens is 306 g/mol. The second-order valence-electron chi connectivity index (χ2n) is 6.65. The molecule has 8 nitrogen and oxygen atoms in total. The molecule has 3 heterocycles. The lowest BCUT2D eigenvalue weighted by atomic mass is 10.0. The predicted molar refractivity (Wildman–Crippen MR) is 92.1 cm³/mol. The molecule has 0 amide bonds. The number of rotatable bonds is 5. The molecule has 130 valence electrons. The largest absolute Gasteiger partial charge is 0.356 e. The smallest absolute Gasteiger partial charge is 0.340 e. The highest BCUT2D eigenvalue weighted by Crippen LogP contribution is 2.21. The number of aryl methyl sites for hydroxylation is 1. The Balaban J connectivity index is 1.56. The van der Waals surface area contributed by atoms with Crippen molar-refractivity contribution in [3.05, 3.63) is 33.9 Å². The van der Waals surface area contributed by atoms with E-state index in [-0.39, 0.29) is 5.69 Å². The van der Waals surface area contributed by atoms with E-state index in [0.717, 1.165) is 43.3 Å². The van der Waals surface area contributed by atoms with Gasteiger partial charge in [0.25, 0.3) is 0 Å². The van der Waals surface area contributed by atoms with Crippen LogP contribution in [0.5, 0.6) is 0 Å². The summed E-state index contributed by atoms with van der Waals surface area (Å²) in [5.41, 5.74) is 0.758. The van der Waals surface area contributed by atoms with Crippen molar-refractivity contribution in [2.45, 2.75) is 52.1 Å². The van der Waals surface area contributed by atoms with Gasteiger partial charge in [-0.25, -0.2) is 19.9 Å². The number of nitrogens with one attached hydrogen (secondary N) is 3. The molecule has 0 saturated carbocycles. The Morgan fingerprint density at radius 1 is 1.33 bits per heavy atom. The fourth-order valence-corrected chi connectivity index (χ4v) is 2.94. The Morgan fingerprint density at radius 2 is 2.08 bits per heavy atom. The summed E-state index contributed by atoms with van der Waals surface area (Å²) in [6.45, 7) is 8.76. The van der Waals surface area contributed by atoms with Gasteiger partial charge < -0.3 is 10.2 Å². The van der Waals surface area contributed by atoms with Crippen LogP contribution in [0.25, 0.3) is 0 Å². The first-order chi connectivity index (χ1) is 11.5. The zero-order valence-electron chi connectivity index (χ0n) is 14.5. The average molecular weight is 331 g/mol. The van der Waals surface area contributed by atoms with Crippen molar-refractivity contribution in [1.82, 2.24) is 30.5 Å². The summed E-state index contributed by atoms with van der Waals surface area (Å²) in [5, 5.41) is 9.75. The molecular formula is C16H25N7O. The highest BCUT2D eigenvalue weighted by Gasteiger charge is 2.21. The van der Waals surface area contributed by atoms with Crippen LogP contribution in [0, 0.1) is 6.92 Å². The molecule has 1 saturated heterocycles. The summed E-state index contributed by atoms with van der Waals surface area (Å²) >= 11 is 0. The topological polar surface area (TPSA) is 103 Å². The van der Waals surface area contributed by atoms with Crippen LogP contribution in [0.15, 0.2) is 10.9 Å². The molecule has 0 spiro atoms. The normalized spacial score (nSPS) is 16.1.